The van der Waals surface area contributed by atoms with Crippen LogP contribution < -0.4 is 11.3 Å². The van der Waals surface area contributed by atoms with Gasteiger partial charge in [0.2, 0.25) is 0 Å². The molecule has 0 heterocycles. The first-order valence-electron chi connectivity index (χ1n) is 6.62. The predicted octanol–water partition coefficient (Wildman–Crippen LogP) is 2.58. The van der Waals surface area contributed by atoms with Gasteiger partial charge in [0, 0.05) is 23.7 Å². The molecule has 0 saturated carbocycles. The molecule has 0 unspecified atom stereocenters. The summed E-state index contributed by atoms with van der Waals surface area (Å²) in [5, 5.41) is 0.777. The van der Waals surface area contributed by atoms with E-state index in [1.165, 1.54) is 0 Å². The predicted molar refractivity (Wildman–Crippen MR) is 84.7 cm³/mol. The Hall–Kier alpha value is -1.88. The lowest BCUT2D eigenvalue weighted by Crippen LogP contribution is -2.29. The van der Waals surface area contributed by atoms with E-state index in [4.69, 9.17) is 17.4 Å². The topological polar surface area (TPSA) is 58.4 Å². The van der Waals surface area contributed by atoms with Crippen LogP contribution in [0, 0.1) is 0 Å². The van der Waals surface area contributed by atoms with Gasteiger partial charge in [-0.1, -0.05) is 41.9 Å². The lowest BCUT2D eigenvalue weighted by Gasteiger charge is -2.17. The molecular formula is C16H18ClN3O. The first-order chi connectivity index (χ1) is 10.1. The molecule has 4 nitrogen and oxygen atoms in total. The summed E-state index contributed by atoms with van der Waals surface area (Å²) in [6, 6.07) is 15.2. The standard InChI is InChI=1S/C16H18ClN3O/c1-20(11-14-4-2-3-5-15(14)17)10-12-6-8-13(9-7-12)16(21)19-18/h2-9H,10-11,18H2,1H3,(H,19,21). The second-order valence-corrected chi connectivity index (χ2v) is 5.34. The van der Waals surface area contributed by atoms with Gasteiger partial charge in [0.05, 0.1) is 0 Å². The van der Waals surface area contributed by atoms with E-state index < -0.39 is 0 Å². The van der Waals surface area contributed by atoms with E-state index in [1.807, 2.05) is 43.4 Å². The highest BCUT2D eigenvalue weighted by Crippen LogP contribution is 2.17. The summed E-state index contributed by atoms with van der Waals surface area (Å²) >= 11 is 6.16. The molecule has 2 aromatic carbocycles. The monoisotopic (exact) mass is 303 g/mol. The Morgan fingerprint density at radius 3 is 2.43 bits per heavy atom. The highest BCUT2D eigenvalue weighted by Gasteiger charge is 2.06. The molecule has 0 aliphatic carbocycles. The average molecular weight is 304 g/mol. The number of rotatable bonds is 5. The molecule has 0 saturated heterocycles. The number of hydrazine groups is 1. The van der Waals surface area contributed by atoms with Gasteiger partial charge < -0.3 is 0 Å². The van der Waals surface area contributed by atoms with E-state index in [1.54, 1.807) is 12.1 Å². The quantitative estimate of drug-likeness (QED) is 0.507. The van der Waals surface area contributed by atoms with E-state index in [0.29, 0.717) is 5.56 Å². The molecule has 1 amide bonds. The molecule has 0 atom stereocenters. The lowest BCUT2D eigenvalue weighted by atomic mass is 10.1. The van der Waals surface area contributed by atoms with E-state index in [-0.39, 0.29) is 5.91 Å². The number of nitrogens with zero attached hydrogens (tertiary/aromatic N) is 1. The van der Waals surface area contributed by atoms with Gasteiger partial charge in [0.15, 0.2) is 0 Å². The highest BCUT2D eigenvalue weighted by atomic mass is 35.5. The minimum absolute atomic E-state index is 0.286. The minimum atomic E-state index is -0.286. The maximum Gasteiger partial charge on any atom is 0.265 e. The number of amides is 1. The van der Waals surface area contributed by atoms with Crippen LogP contribution in [-0.2, 0) is 13.1 Å². The summed E-state index contributed by atoms with van der Waals surface area (Å²) in [6.45, 7) is 1.54. The number of halogens is 1. The maximum absolute atomic E-state index is 11.4. The number of benzene rings is 2. The second kappa shape index (κ2) is 7.22. The normalized spacial score (nSPS) is 10.7. The number of nitrogens with two attached hydrogens (primary N) is 1. The zero-order chi connectivity index (χ0) is 15.2. The van der Waals surface area contributed by atoms with Gasteiger partial charge >= 0.3 is 0 Å². The first-order valence-corrected chi connectivity index (χ1v) is 7.00. The molecule has 0 spiro atoms. The SMILES string of the molecule is CN(Cc1ccc(C(=O)NN)cc1)Cc1ccccc1Cl. The van der Waals surface area contributed by atoms with Crippen molar-refractivity contribution in [1.29, 1.82) is 0 Å². The smallest absolute Gasteiger partial charge is 0.265 e. The molecule has 2 rings (SSSR count). The van der Waals surface area contributed by atoms with E-state index in [2.05, 4.69) is 10.3 Å². The van der Waals surface area contributed by atoms with Crippen molar-refractivity contribution in [3.05, 3.63) is 70.2 Å². The van der Waals surface area contributed by atoms with Gasteiger partial charge in [-0.25, -0.2) is 5.84 Å². The van der Waals surface area contributed by atoms with Gasteiger partial charge in [0.1, 0.15) is 0 Å². The third-order valence-electron chi connectivity index (χ3n) is 3.20. The van der Waals surface area contributed by atoms with Crippen molar-refractivity contribution in [2.24, 2.45) is 5.84 Å². The molecule has 110 valence electrons. The van der Waals surface area contributed by atoms with Crippen molar-refractivity contribution in [2.45, 2.75) is 13.1 Å². The van der Waals surface area contributed by atoms with E-state index >= 15 is 0 Å². The largest absolute Gasteiger partial charge is 0.298 e. The van der Waals surface area contributed by atoms with Gasteiger partial charge in [-0.05, 0) is 36.4 Å². The molecule has 0 fully saturated rings. The average Bonchev–Trinajstić information content (AvgIpc) is 2.49. The fourth-order valence-electron chi connectivity index (χ4n) is 2.13. The van der Waals surface area contributed by atoms with E-state index in [9.17, 15) is 4.79 Å². The molecule has 0 aliphatic rings. The van der Waals surface area contributed by atoms with Crippen LogP contribution in [0.3, 0.4) is 0 Å². The van der Waals surface area contributed by atoms with Crippen LogP contribution in [0.2, 0.25) is 5.02 Å². The van der Waals surface area contributed by atoms with Gasteiger partial charge in [0.25, 0.3) is 5.91 Å². The van der Waals surface area contributed by atoms with Crippen LogP contribution in [0.5, 0.6) is 0 Å². The van der Waals surface area contributed by atoms with Crippen molar-refractivity contribution in [3.63, 3.8) is 0 Å². The number of nitrogens with one attached hydrogen (secondary N) is 1. The molecule has 3 N–H and O–H groups in total. The van der Waals surface area contributed by atoms with Gasteiger partial charge in [-0.3, -0.25) is 15.1 Å². The summed E-state index contributed by atoms with van der Waals surface area (Å²) < 4.78 is 0. The number of nitrogen functional groups attached to an aromatic ring is 1. The van der Waals surface area contributed by atoms with Crippen LogP contribution in [0.15, 0.2) is 48.5 Å². The number of carbonyl (C=O) groups excluding carboxylic acids is 1. The fourth-order valence-corrected chi connectivity index (χ4v) is 2.33. The zero-order valence-corrected chi connectivity index (χ0v) is 12.6. The summed E-state index contributed by atoms with van der Waals surface area (Å²) in [7, 11) is 2.03. The third-order valence-corrected chi connectivity index (χ3v) is 3.57. The van der Waals surface area contributed by atoms with Crippen molar-refractivity contribution < 1.29 is 4.79 Å². The first kappa shape index (κ1) is 15.5. The molecule has 21 heavy (non-hydrogen) atoms. The van der Waals surface area contributed by atoms with Gasteiger partial charge in [-0.2, -0.15) is 0 Å². The van der Waals surface area contributed by atoms with E-state index in [0.717, 1.165) is 29.2 Å². The molecule has 0 aromatic heterocycles. The molecular weight excluding hydrogens is 286 g/mol. The summed E-state index contributed by atoms with van der Waals surface area (Å²) in [4.78, 5) is 13.5. The Morgan fingerprint density at radius 2 is 1.81 bits per heavy atom. The Kier molecular flexibility index (Phi) is 5.33. The summed E-state index contributed by atoms with van der Waals surface area (Å²) in [5.74, 6) is 4.82. The Labute approximate surface area is 129 Å². The third kappa shape index (κ3) is 4.29. The number of carbonyl (C=O) groups is 1. The van der Waals surface area contributed by atoms with Gasteiger partial charge in [-0.15, -0.1) is 0 Å². The molecule has 2 aromatic rings. The maximum atomic E-state index is 11.4. The minimum Gasteiger partial charge on any atom is -0.298 e. The van der Waals surface area contributed by atoms with Crippen LogP contribution in [0.25, 0.3) is 0 Å². The summed E-state index contributed by atoms with van der Waals surface area (Å²) in [6.07, 6.45) is 0. The van der Waals surface area contributed by atoms with Crippen molar-refractivity contribution >= 4 is 17.5 Å². The van der Waals surface area contributed by atoms with Crippen molar-refractivity contribution in [1.82, 2.24) is 10.3 Å². The zero-order valence-electron chi connectivity index (χ0n) is 11.8. The van der Waals surface area contributed by atoms with Crippen molar-refractivity contribution in [2.75, 3.05) is 7.05 Å². The molecule has 0 radical (unpaired) electrons. The van der Waals surface area contributed by atoms with Crippen molar-refractivity contribution in [3.8, 4) is 0 Å². The molecule has 0 aliphatic heterocycles. The van der Waals surface area contributed by atoms with Crippen LogP contribution >= 0.6 is 11.6 Å². The van der Waals surface area contributed by atoms with Crippen LogP contribution in [0.4, 0.5) is 0 Å². The fraction of sp³-hybridized carbons (Fsp3) is 0.188. The van der Waals surface area contributed by atoms with Crippen LogP contribution in [-0.4, -0.2) is 17.9 Å². The highest BCUT2D eigenvalue weighted by molar-refractivity contribution is 6.31. The van der Waals surface area contributed by atoms with Crippen LogP contribution in [0.1, 0.15) is 21.5 Å². The molecule has 0 bridgehead atoms. The Bertz CT molecular complexity index is 613. The second-order valence-electron chi connectivity index (χ2n) is 4.93. The lowest BCUT2D eigenvalue weighted by molar-refractivity contribution is 0.0953. The molecule has 5 heteroatoms. The number of hydrogen-bond donors (Lipinski definition) is 2. The number of hydrogen-bond acceptors (Lipinski definition) is 3. The Morgan fingerprint density at radius 1 is 1.14 bits per heavy atom. The Balaban J connectivity index is 1.98. The summed E-state index contributed by atoms with van der Waals surface area (Å²) in [5.41, 5.74) is 4.89.